The average Bonchev–Trinajstić information content (AvgIpc) is 2.69. The smallest absolute Gasteiger partial charge is 0.0858 e. The molecule has 0 atom stereocenters. The zero-order valence-electron chi connectivity index (χ0n) is 9.08. The summed E-state index contributed by atoms with van der Waals surface area (Å²) in [5.74, 6) is 0. The molecule has 0 aromatic carbocycles. The van der Waals surface area contributed by atoms with Crippen LogP contribution in [0.15, 0.2) is 4.47 Å². The van der Waals surface area contributed by atoms with Gasteiger partial charge in [-0.15, -0.1) is 0 Å². The zero-order chi connectivity index (χ0) is 11.4. The molecule has 2 N–H and O–H groups in total. The zero-order valence-corrected chi connectivity index (χ0v) is 10.7. The van der Waals surface area contributed by atoms with E-state index in [-0.39, 0.29) is 6.61 Å². The molecule has 1 saturated heterocycles. The summed E-state index contributed by atoms with van der Waals surface area (Å²) in [5, 5.41) is 16.0. The Morgan fingerprint density at radius 3 is 2.81 bits per heavy atom. The number of aromatic amines is 1. The molecule has 2 rings (SSSR count). The molecule has 2 heterocycles. The van der Waals surface area contributed by atoms with Crippen LogP contribution in [0.2, 0.25) is 0 Å². The Morgan fingerprint density at radius 1 is 1.44 bits per heavy atom. The third-order valence-electron chi connectivity index (χ3n) is 2.77. The third-order valence-corrected chi connectivity index (χ3v) is 3.71. The summed E-state index contributed by atoms with van der Waals surface area (Å²) in [6, 6.07) is 0. The fourth-order valence-electron chi connectivity index (χ4n) is 1.77. The number of morpholine rings is 1. The van der Waals surface area contributed by atoms with Gasteiger partial charge in [-0.3, -0.25) is 10.00 Å². The SMILES string of the molecule is OCc1[nH]nc(CCN2CCOCC2)c1Br. The molecular formula is C10H16BrN3O2. The van der Waals surface area contributed by atoms with Crippen LogP contribution in [-0.2, 0) is 17.8 Å². The number of rotatable bonds is 4. The van der Waals surface area contributed by atoms with Crippen molar-refractivity contribution in [1.29, 1.82) is 0 Å². The second kappa shape index (κ2) is 5.77. The van der Waals surface area contributed by atoms with Gasteiger partial charge >= 0.3 is 0 Å². The van der Waals surface area contributed by atoms with Crippen molar-refractivity contribution in [2.45, 2.75) is 13.0 Å². The van der Waals surface area contributed by atoms with E-state index in [4.69, 9.17) is 9.84 Å². The predicted octanol–water partition coefficient (Wildman–Crippen LogP) is 0.539. The van der Waals surface area contributed by atoms with Gasteiger partial charge in [-0.2, -0.15) is 5.10 Å². The first-order valence-electron chi connectivity index (χ1n) is 5.44. The minimum atomic E-state index is -0.00879. The number of hydrogen-bond donors (Lipinski definition) is 2. The topological polar surface area (TPSA) is 61.4 Å². The number of nitrogens with one attached hydrogen (secondary N) is 1. The fourth-order valence-corrected chi connectivity index (χ4v) is 2.27. The summed E-state index contributed by atoms with van der Waals surface area (Å²) in [6.45, 7) is 4.61. The molecule has 6 heteroatoms. The number of ether oxygens (including phenoxy) is 1. The van der Waals surface area contributed by atoms with Crippen LogP contribution in [0, 0.1) is 0 Å². The van der Waals surface area contributed by atoms with Crippen LogP contribution in [0.3, 0.4) is 0 Å². The normalized spacial score (nSPS) is 17.9. The minimum absolute atomic E-state index is 0.00879. The molecule has 0 saturated carbocycles. The van der Waals surface area contributed by atoms with Gasteiger partial charge in [0.1, 0.15) is 0 Å². The molecule has 1 aromatic heterocycles. The quantitative estimate of drug-likeness (QED) is 0.849. The highest BCUT2D eigenvalue weighted by molar-refractivity contribution is 9.10. The molecule has 0 amide bonds. The highest BCUT2D eigenvalue weighted by Crippen LogP contribution is 2.19. The van der Waals surface area contributed by atoms with Gasteiger partial charge in [0.25, 0.3) is 0 Å². The minimum Gasteiger partial charge on any atom is -0.390 e. The molecule has 90 valence electrons. The first-order valence-corrected chi connectivity index (χ1v) is 6.23. The Morgan fingerprint density at radius 2 is 2.19 bits per heavy atom. The van der Waals surface area contributed by atoms with E-state index in [9.17, 15) is 0 Å². The molecule has 0 aliphatic carbocycles. The van der Waals surface area contributed by atoms with Crippen LogP contribution in [0.25, 0.3) is 0 Å². The Labute approximate surface area is 103 Å². The second-order valence-electron chi connectivity index (χ2n) is 3.82. The van der Waals surface area contributed by atoms with Gasteiger partial charge in [-0.1, -0.05) is 0 Å². The van der Waals surface area contributed by atoms with Gasteiger partial charge in [-0.25, -0.2) is 0 Å². The maximum atomic E-state index is 9.02. The van der Waals surface area contributed by atoms with Gasteiger partial charge in [0.15, 0.2) is 0 Å². The predicted molar refractivity (Wildman–Crippen MR) is 63.2 cm³/mol. The number of halogens is 1. The summed E-state index contributed by atoms with van der Waals surface area (Å²) >= 11 is 3.44. The van der Waals surface area contributed by atoms with E-state index in [0.717, 1.165) is 55.1 Å². The molecule has 1 aliphatic rings. The second-order valence-corrected chi connectivity index (χ2v) is 4.62. The summed E-state index contributed by atoms with van der Waals surface area (Å²) in [6.07, 6.45) is 0.886. The lowest BCUT2D eigenvalue weighted by molar-refractivity contribution is 0.0383. The average molecular weight is 290 g/mol. The van der Waals surface area contributed by atoms with E-state index in [1.807, 2.05) is 0 Å². The highest BCUT2D eigenvalue weighted by Gasteiger charge is 2.13. The number of aliphatic hydroxyl groups excluding tert-OH is 1. The molecule has 1 aromatic rings. The lowest BCUT2D eigenvalue weighted by Crippen LogP contribution is -2.37. The van der Waals surface area contributed by atoms with E-state index < -0.39 is 0 Å². The van der Waals surface area contributed by atoms with Gasteiger partial charge in [0.2, 0.25) is 0 Å². The van der Waals surface area contributed by atoms with Crippen LogP contribution >= 0.6 is 15.9 Å². The maximum Gasteiger partial charge on any atom is 0.0858 e. The number of aromatic nitrogens is 2. The van der Waals surface area contributed by atoms with Crippen molar-refractivity contribution in [1.82, 2.24) is 15.1 Å². The number of hydrogen-bond acceptors (Lipinski definition) is 4. The Kier molecular flexibility index (Phi) is 4.34. The van der Waals surface area contributed by atoms with E-state index >= 15 is 0 Å². The van der Waals surface area contributed by atoms with Gasteiger partial charge in [-0.05, 0) is 15.9 Å². The van der Waals surface area contributed by atoms with E-state index in [1.54, 1.807) is 0 Å². The molecular weight excluding hydrogens is 274 g/mol. The van der Waals surface area contributed by atoms with Crippen molar-refractivity contribution in [3.63, 3.8) is 0 Å². The molecule has 0 bridgehead atoms. The first kappa shape index (κ1) is 12.0. The van der Waals surface area contributed by atoms with Crippen molar-refractivity contribution < 1.29 is 9.84 Å². The van der Waals surface area contributed by atoms with Gasteiger partial charge in [0.05, 0.1) is 35.7 Å². The fraction of sp³-hybridized carbons (Fsp3) is 0.700. The monoisotopic (exact) mass is 289 g/mol. The molecule has 1 aliphatic heterocycles. The first-order chi connectivity index (χ1) is 7.81. The third kappa shape index (κ3) is 2.82. The maximum absolute atomic E-state index is 9.02. The Balaban J connectivity index is 1.86. The molecule has 1 fully saturated rings. The number of H-pyrrole nitrogens is 1. The molecule has 5 nitrogen and oxygen atoms in total. The number of aliphatic hydroxyl groups is 1. The van der Waals surface area contributed by atoms with E-state index in [1.165, 1.54) is 0 Å². The van der Waals surface area contributed by atoms with E-state index in [2.05, 4.69) is 31.0 Å². The van der Waals surface area contributed by atoms with E-state index in [0.29, 0.717) is 0 Å². The van der Waals surface area contributed by atoms with Crippen LogP contribution in [0.4, 0.5) is 0 Å². The van der Waals surface area contributed by atoms with Crippen LogP contribution in [-0.4, -0.2) is 53.1 Å². The number of nitrogens with zero attached hydrogens (tertiary/aromatic N) is 2. The van der Waals surface area contributed by atoms with Crippen molar-refractivity contribution in [3.05, 3.63) is 15.9 Å². The molecule has 0 unspecified atom stereocenters. The highest BCUT2D eigenvalue weighted by atomic mass is 79.9. The molecule has 0 radical (unpaired) electrons. The van der Waals surface area contributed by atoms with Gasteiger partial charge < -0.3 is 9.84 Å². The summed E-state index contributed by atoms with van der Waals surface area (Å²) in [7, 11) is 0. The summed E-state index contributed by atoms with van der Waals surface area (Å²) < 4.78 is 6.20. The Bertz CT molecular complexity index is 337. The van der Waals surface area contributed by atoms with Crippen LogP contribution in [0.5, 0.6) is 0 Å². The molecule has 0 spiro atoms. The summed E-state index contributed by atoms with van der Waals surface area (Å²) in [5.41, 5.74) is 1.73. The van der Waals surface area contributed by atoms with Crippen LogP contribution < -0.4 is 0 Å². The van der Waals surface area contributed by atoms with Gasteiger partial charge in [0, 0.05) is 26.1 Å². The van der Waals surface area contributed by atoms with Crippen LogP contribution in [0.1, 0.15) is 11.4 Å². The molecule has 16 heavy (non-hydrogen) atoms. The lowest BCUT2D eigenvalue weighted by atomic mass is 10.2. The van der Waals surface area contributed by atoms with Crippen molar-refractivity contribution >= 4 is 15.9 Å². The Hall–Kier alpha value is -0.430. The lowest BCUT2D eigenvalue weighted by Gasteiger charge is -2.26. The van der Waals surface area contributed by atoms with Crippen molar-refractivity contribution in [2.24, 2.45) is 0 Å². The van der Waals surface area contributed by atoms with Crippen molar-refractivity contribution in [2.75, 3.05) is 32.8 Å². The largest absolute Gasteiger partial charge is 0.390 e. The van der Waals surface area contributed by atoms with Crippen molar-refractivity contribution in [3.8, 4) is 0 Å². The standard InChI is InChI=1S/C10H16BrN3O2/c11-10-8(12-13-9(10)7-15)1-2-14-3-5-16-6-4-14/h15H,1-7H2,(H,12,13). The summed E-state index contributed by atoms with van der Waals surface area (Å²) in [4.78, 5) is 2.36.